The lowest BCUT2D eigenvalue weighted by atomic mass is 9.86. The molecule has 34 heavy (non-hydrogen) atoms. The number of rotatable bonds is 10. The molecule has 2 aromatic rings. The lowest BCUT2D eigenvalue weighted by molar-refractivity contribution is -0.123. The van der Waals surface area contributed by atoms with Crippen molar-refractivity contribution in [3.8, 4) is 11.5 Å². The fraction of sp³-hybridized carbons (Fsp3) is 0.500. The summed E-state index contributed by atoms with van der Waals surface area (Å²) in [6.45, 7) is 6.59. The van der Waals surface area contributed by atoms with E-state index in [2.05, 4.69) is 30.8 Å². The molecule has 0 heterocycles. The van der Waals surface area contributed by atoms with E-state index in [1.807, 2.05) is 18.2 Å². The third kappa shape index (κ3) is 7.21. The number of nitrogens with one attached hydrogen (secondary N) is 2. The summed E-state index contributed by atoms with van der Waals surface area (Å²) in [4.78, 5) is 12.6. The van der Waals surface area contributed by atoms with E-state index in [1.165, 1.54) is 0 Å². The zero-order valence-corrected chi connectivity index (χ0v) is 21.3. The molecule has 0 radical (unpaired) electrons. The smallest absolute Gasteiger partial charge is 0.257 e. The summed E-state index contributed by atoms with van der Waals surface area (Å²) >= 11 is 0. The van der Waals surface area contributed by atoms with E-state index in [9.17, 15) is 13.2 Å². The lowest BCUT2D eigenvalue weighted by Crippen LogP contribution is -2.32. The Balaban J connectivity index is 1.47. The predicted octanol–water partition coefficient (Wildman–Crippen LogP) is 3.95. The normalized spacial score (nSPS) is 14.7. The Hall–Kier alpha value is -2.58. The summed E-state index contributed by atoms with van der Waals surface area (Å²) in [6, 6.07) is 12.4. The van der Waals surface area contributed by atoms with Crippen LogP contribution in [0.3, 0.4) is 0 Å². The number of ether oxygens (including phenoxy) is 2. The van der Waals surface area contributed by atoms with Crippen LogP contribution >= 0.6 is 0 Å². The van der Waals surface area contributed by atoms with Crippen LogP contribution in [0.5, 0.6) is 11.5 Å². The molecule has 7 nitrogen and oxygen atoms in total. The molecular weight excluding hydrogens is 452 g/mol. The van der Waals surface area contributed by atoms with Crippen molar-refractivity contribution in [2.75, 3.05) is 20.3 Å². The van der Waals surface area contributed by atoms with Gasteiger partial charge in [-0.3, -0.25) is 4.79 Å². The number of hydrogen-bond acceptors (Lipinski definition) is 5. The minimum Gasteiger partial charge on any atom is -0.497 e. The van der Waals surface area contributed by atoms with Gasteiger partial charge in [0.2, 0.25) is 10.0 Å². The van der Waals surface area contributed by atoms with Gasteiger partial charge in [0.25, 0.3) is 5.91 Å². The third-order valence-corrected chi connectivity index (χ3v) is 7.54. The molecule has 0 atom stereocenters. The van der Waals surface area contributed by atoms with Gasteiger partial charge in [-0.05, 0) is 60.6 Å². The molecule has 2 aromatic carbocycles. The standard InChI is InChI=1S/C26H36N2O5S/c1-26(2,3)23-17-21(32-4)11-14-24(23)33-18-25(29)27-16-15-19-9-12-22(13-10-19)34(30,31)28-20-7-5-6-8-20/h9-14,17,20,28H,5-8,15-16,18H2,1-4H3,(H,27,29). The molecule has 0 unspecified atom stereocenters. The molecule has 1 amide bonds. The molecule has 1 aliphatic carbocycles. The number of hydrogen-bond donors (Lipinski definition) is 2. The SMILES string of the molecule is COc1ccc(OCC(=O)NCCc2ccc(S(=O)(=O)NC3CCCC3)cc2)c(C(C)(C)C)c1. The van der Waals surface area contributed by atoms with Gasteiger partial charge in [0.05, 0.1) is 12.0 Å². The molecule has 1 aliphatic rings. The second-order valence-corrected chi connectivity index (χ2v) is 11.5. The Labute approximate surface area is 203 Å². The number of benzene rings is 2. The Morgan fingerprint density at radius 1 is 1.06 bits per heavy atom. The zero-order valence-electron chi connectivity index (χ0n) is 20.5. The van der Waals surface area contributed by atoms with Crippen LogP contribution in [0.2, 0.25) is 0 Å². The quantitative estimate of drug-likeness (QED) is 0.528. The van der Waals surface area contributed by atoms with Crippen molar-refractivity contribution in [2.24, 2.45) is 0 Å². The Bertz CT molecular complexity index is 1070. The third-order valence-electron chi connectivity index (χ3n) is 6.00. The Morgan fingerprint density at radius 3 is 2.35 bits per heavy atom. The monoisotopic (exact) mass is 488 g/mol. The summed E-state index contributed by atoms with van der Waals surface area (Å²) < 4.78 is 38.9. The summed E-state index contributed by atoms with van der Waals surface area (Å²) in [6.07, 6.45) is 4.53. The van der Waals surface area contributed by atoms with Crippen LogP contribution in [0.15, 0.2) is 47.4 Å². The van der Waals surface area contributed by atoms with Crippen LogP contribution in [-0.4, -0.2) is 40.6 Å². The minimum atomic E-state index is -3.49. The molecule has 3 rings (SSSR count). The fourth-order valence-corrected chi connectivity index (χ4v) is 5.36. The first-order valence-electron chi connectivity index (χ1n) is 11.8. The number of carbonyl (C=O) groups is 1. The van der Waals surface area contributed by atoms with E-state index in [-0.39, 0.29) is 28.9 Å². The lowest BCUT2D eigenvalue weighted by Gasteiger charge is -2.23. The number of carbonyl (C=O) groups excluding carboxylic acids is 1. The van der Waals surface area contributed by atoms with Gasteiger partial charge >= 0.3 is 0 Å². The summed E-state index contributed by atoms with van der Waals surface area (Å²) in [5.41, 5.74) is 1.76. The molecule has 8 heteroatoms. The van der Waals surface area contributed by atoms with Crippen molar-refractivity contribution >= 4 is 15.9 Å². The zero-order chi connectivity index (χ0) is 24.8. The maximum absolute atomic E-state index is 12.5. The molecule has 186 valence electrons. The van der Waals surface area contributed by atoms with Gasteiger partial charge in [-0.2, -0.15) is 0 Å². The molecule has 0 saturated heterocycles. The van der Waals surface area contributed by atoms with Crippen molar-refractivity contribution < 1.29 is 22.7 Å². The van der Waals surface area contributed by atoms with E-state index in [0.717, 1.165) is 42.6 Å². The van der Waals surface area contributed by atoms with Gasteiger partial charge in [-0.1, -0.05) is 45.7 Å². The van der Waals surface area contributed by atoms with E-state index in [1.54, 1.807) is 31.4 Å². The van der Waals surface area contributed by atoms with Gasteiger partial charge in [-0.15, -0.1) is 0 Å². The van der Waals surface area contributed by atoms with Gasteiger partial charge in [0, 0.05) is 18.2 Å². The largest absolute Gasteiger partial charge is 0.497 e. The molecule has 1 fully saturated rings. The van der Waals surface area contributed by atoms with Crippen molar-refractivity contribution in [1.29, 1.82) is 0 Å². The first-order chi connectivity index (χ1) is 16.1. The molecule has 0 spiro atoms. The second-order valence-electron chi connectivity index (χ2n) is 9.75. The molecule has 0 bridgehead atoms. The van der Waals surface area contributed by atoms with Crippen molar-refractivity contribution in [2.45, 2.75) is 69.2 Å². The maximum atomic E-state index is 12.5. The molecular formula is C26H36N2O5S. The van der Waals surface area contributed by atoms with Crippen LogP contribution in [-0.2, 0) is 26.7 Å². The van der Waals surface area contributed by atoms with Gasteiger partial charge in [0.15, 0.2) is 6.61 Å². The summed E-state index contributed by atoms with van der Waals surface area (Å²) in [7, 11) is -1.87. The maximum Gasteiger partial charge on any atom is 0.257 e. The highest BCUT2D eigenvalue weighted by Crippen LogP contribution is 2.34. The van der Waals surface area contributed by atoms with Gasteiger partial charge in [-0.25, -0.2) is 13.1 Å². The van der Waals surface area contributed by atoms with Crippen molar-refractivity contribution in [3.05, 3.63) is 53.6 Å². The Kier molecular flexibility index (Phi) is 8.60. The predicted molar refractivity (Wildman–Crippen MR) is 133 cm³/mol. The first-order valence-corrected chi connectivity index (χ1v) is 13.3. The highest BCUT2D eigenvalue weighted by molar-refractivity contribution is 7.89. The highest BCUT2D eigenvalue weighted by atomic mass is 32.2. The van der Waals surface area contributed by atoms with Crippen molar-refractivity contribution in [1.82, 2.24) is 10.0 Å². The molecule has 1 saturated carbocycles. The van der Waals surface area contributed by atoms with E-state index >= 15 is 0 Å². The fourth-order valence-electron chi connectivity index (χ4n) is 4.06. The van der Waals surface area contributed by atoms with E-state index < -0.39 is 10.0 Å². The van der Waals surface area contributed by atoms with Gasteiger partial charge in [0.1, 0.15) is 11.5 Å². The highest BCUT2D eigenvalue weighted by Gasteiger charge is 2.23. The van der Waals surface area contributed by atoms with Crippen LogP contribution in [0.25, 0.3) is 0 Å². The van der Waals surface area contributed by atoms with Crippen molar-refractivity contribution in [3.63, 3.8) is 0 Å². The number of sulfonamides is 1. The minimum absolute atomic E-state index is 0.0412. The summed E-state index contributed by atoms with van der Waals surface area (Å²) in [5, 5.41) is 2.86. The van der Waals surface area contributed by atoms with E-state index in [4.69, 9.17) is 9.47 Å². The molecule has 0 aliphatic heterocycles. The molecule has 2 N–H and O–H groups in total. The Morgan fingerprint density at radius 2 is 1.74 bits per heavy atom. The van der Waals surface area contributed by atoms with Crippen LogP contribution in [0, 0.1) is 0 Å². The van der Waals surface area contributed by atoms with Gasteiger partial charge < -0.3 is 14.8 Å². The second kappa shape index (κ2) is 11.2. The number of amides is 1. The first kappa shape index (κ1) is 26.0. The van der Waals surface area contributed by atoms with Crippen LogP contribution < -0.4 is 19.5 Å². The van der Waals surface area contributed by atoms with E-state index in [0.29, 0.717) is 18.7 Å². The average Bonchev–Trinajstić information content (AvgIpc) is 3.29. The number of methoxy groups -OCH3 is 1. The van der Waals surface area contributed by atoms with Crippen LogP contribution in [0.4, 0.5) is 0 Å². The summed E-state index contributed by atoms with van der Waals surface area (Å²) in [5.74, 6) is 1.19. The topological polar surface area (TPSA) is 93.7 Å². The van der Waals surface area contributed by atoms with Crippen LogP contribution in [0.1, 0.15) is 57.6 Å². The average molecular weight is 489 g/mol. The molecule has 0 aromatic heterocycles.